The van der Waals surface area contributed by atoms with Crippen molar-refractivity contribution in [2.24, 2.45) is 5.41 Å². The average Bonchev–Trinajstić information content (AvgIpc) is 3.36. The van der Waals surface area contributed by atoms with Crippen LogP contribution in [0.1, 0.15) is 45.2 Å². The van der Waals surface area contributed by atoms with E-state index in [0.29, 0.717) is 13.2 Å². The van der Waals surface area contributed by atoms with Crippen molar-refractivity contribution in [3.8, 4) is 0 Å². The maximum absolute atomic E-state index is 13.2. The Kier molecular flexibility index (Phi) is 4.54. The summed E-state index contributed by atoms with van der Waals surface area (Å²) in [5, 5.41) is 11.6. The van der Waals surface area contributed by atoms with E-state index in [1.165, 1.54) is 0 Å². The van der Waals surface area contributed by atoms with E-state index in [2.05, 4.69) is 4.98 Å². The fourth-order valence-corrected chi connectivity index (χ4v) is 4.13. The number of ether oxygens (including phenoxy) is 1. The van der Waals surface area contributed by atoms with Gasteiger partial charge in [0.1, 0.15) is 0 Å². The number of ketones is 1. The Morgan fingerprint density at radius 2 is 2.07 bits per heavy atom. The summed E-state index contributed by atoms with van der Waals surface area (Å²) in [6, 6.07) is 7.15. The molecule has 2 aromatic rings. The van der Waals surface area contributed by atoms with Gasteiger partial charge in [0.05, 0.1) is 17.7 Å². The molecular formula is C22H26N2O4. The van der Waals surface area contributed by atoms with Gasteiger partial charge in [0, 0.05) is 41.2 Å². The van der Waals surface area contributed by atoms with Crippen molar-refractivity contribution in [2.45, 2.75) is 45.8 Å². The number of hydrogen-bond acceptors (Lipinski definition) is 4. The standard InChI is InChI=1S/C22H26N2O4/c1-22(2,3)20(26)17-18(15-11-23-16-9-5-4-8-14(15)16)24(21(27)19(17)25)12-13-7-6-10-28-13/h4-5,8-9,11,13,18,23,25H,6-7,10,12H2,1-3H3. The number of aliphatic hydroxyl groups excluding tert-OH is 1. The number of aliphatic hydroxyl groups is 1. The Hall–Kier alpha value is -2.60. The molecule has 1 aromatic heterocycles. The molecule has 2 aliphatic heterocycles. The topological polar surface area (TPSA) is 82.6 Å². The van der Waals surface area contributed by atoms with Gasteiger partial charge in [-0.1, -0.05) is 39.0 Å². The summed E-state index contributed by atoms with van der Waals surface area (Å²) in [5.41, 5.74) is 1.21. The predicted octanol–water partition coefficient (Wildman–Crippen LogP) is 3.66. The Morgan fingerprint density at radius 1 is 1.32 bits per heavy atom. The van der Waals surface area contributed by atoms with E-state index in [9.17, 15) is 14.7 Å². The summed E-state index contributed by atoms with van der Waals surface area (Å²) in [6.07, 6.45) is 3.58. The van der Waals surface area contributed by atoms with Gasteiger partial charge >= 0.3 is 0 Å². The van der Waals surface area contributed by atoms with Crippen LogP contribution >= 0.6 is 0 Å². The first kappa shape index (κ1) is 18.7. The molecule has 1 amide bonds. The zero-order valence-electron chi connectivity index (χ0n) is 16.5. The molecule has 2 N–H and O–H groups in total. The molecular weight excluding hydrogens is 356 g/mol. The van der Waals surface area contributed by atoms with Crippen LogP contribution in [0.2, 0.25) is 0 Å². The van der Waals surface area contributed by atoms with Crippen molar-refractivity contribution in [2.75, 3.05) is 13.2 Å². The van der Waals surface area contributed by atoms with Gasteiger partial charge in [-0.2, -0.15) is 0 Å². The number of para-hydroxylation sites is 1. The SMILES string of the molecule is CC(C)(C)C(=O)C1=C(O)C(=O)N(CC2CCCO2)C1c1c[nH]c2ccccc12. The molecule has 0 aliphatic carbocycles. The van der Waals surface area contributed by atoms with Crippen LogP contribution in [0.5, 0.6) is 0 Å². The molecule has 0 bridgehead atoms. The first-order valence-corrected chi connectivity index (χ1v) is 9.75. The van der Waals surface area contributed by atoms with Crippen LogP contribution in [0, 0.1) is 5.41 Å². The second-order valence-electron chi connectivity index (χ2n) is 8.63. The quantitative estimate of drug-likeness (QED) is 0.845. The zero-order chi connectivity index (χ0) is 20.1. The predicted molar refractivity (Wildman–Crippen MR) is 106 cm³/mol. The minimum absolute atomic E-state index is 0.0754. The van der Waals surface area contributed by atoms with Crippen LogP contribution in [0.4, 0.5) is 0 Å². The molecule has 3 heterocycles. The Labute approximate surface area is 164 Å². The van der Waals surface area contributed by atoms with Gasteiger partial charge in [0.25, 0.3) is 5.91 Å². The molecule has 4 rings (SSSR count). The summed E-state index contributed by atoms with van der Waals surface area (Å²) >= 11 is 0. The zero-order valence-corrected chi connectivity index (χ0v) is 16.5. The smallest absolute Gasteiger partial charge is 0.290 e. The number of aromatic nitrogens is 1. The van der Waals surface area contributed by atoms with Crippen molar-refractivity contribution in [3.05, 3.63) is 47.4 Å². The number of amides is 1. The normalized spacial score (nSPS) is 23.2. The monoisotopic (exact) mass is 382 g/mol. The Bertz CT molecular complexity index is 960. The van der Waals surface area contributed by atoms with Crippen LogP contribution in [0.15, 0.2) is 41.8 Å². The largest absolute Gasteiger partial charge is 0.503 e. The number of carbonyl (C=O) groups is 2. The van der Waals surface area contributed by atoms with Crippen LogP contribution in [0.25, 0.3) is 10.9 Å². The Balaban J connectivity index is 1.83. The molecule has 0 spiro atoms. The van der Waals surface area contributed by atoms with E-state index in [-0.39, 0.29) is 17.5 Å². The van der Waals surface area contributed by atoms with Crippen LogP contribution < -0.4 is 0 Å². The molecule has 0 radical (unpaired) electrons. The average molecular weight is 382 g/mol. The first-order chi connectivity index (χ1) is 13.3. The minimum Gasteiger partial charge on any atom is -0.503 e. The molecule has 6 heteroatoms. The number of hydrogen-bond donors (Lipinski definition) is 2. The van der Waals surface area contributed by atoms with E-state index in [0.717, 1.165) is 29.3 Å². The molecule has 1 fully saturated rings. The van der Waals surface area contributed by atoms with E-state index >= 15 is 0 Å². The van der Waals surface area contributed by atoms with E-state index in [4.69, 9.17) is 4.74 Å². The van der Waals surface area contributed by atoms with Crippen molar-refractivity contribution in [1.82, 2.24) is 9.88 Å². The first-order valence-electron chi connectivity index (χ1n) is 9.75. The van der Waals surface area contributed by atoms with Crippen LogP contribution in [0.3, 0.4) is 0 Å². The van der Waals surface area contributed by atoms with Gasteiger partial charge in [0.2, 0.25) is 0 Å². The summed E-state index contributed by atoms with van der Waals surface area (Å²) in [4.78, 5) is 31.0. The van der Waals surface area contributed by atoms with E-state index < -0.39 is 23.1 Å². The number of fused-ring (bicyclic) bond motifs is 1. The minimum atomic E-state index is -0.714. The number of nitrogens with one attached hydrogen (secondary N) is 1. The second-order valence-corrected chi connectivity index (χ2v) is 8.63. The number of carbonyl (C=O) groups excluding carboxylic acids is 2. The third-order valence-corrected chi connectivity index (χ3v) is 5.57. The van der Waals surface area contributed by atoms with Crippen LogP contribution in [-0.4, -0.2) is 45.9 Å². The van der Waals surface area contributed by atoms with Gasteiger partial charge in [-0.15, -0.1) is 0 Å². The van der Waals surface area contributed by atoms with Gasteiger partial charge in [-0.3, -0.25) is 9.59 Å². The van der Waals surface area contributed by atoms with E-state index in [1.807, 2.05) is 30.5 Å². The fraction of sp³-hybridized carbons (Fsp3) is 0.455. The molecule has 1 saturated heterocycles. The molecule has 2 aliphatic rings. The highest BCUT2D eigenvalue weighted by atomic mass is 16.5. The number of rotatable bonds is 4. The number of nitrogens with zero attached hydrogens (tertiary/aromatic N) is 1. The molecule has 2 atom stereocenters. The van der Waals surface area contributed by atoms with Gasteiger partial charge in [-0.05, 0) is 18.9 Å². The summed E-state index contributed by atoms with van der Waals surface area (Å²) < 4.78 is 5.73. The fourth-order valence-electron chi connectivity index (χ4n) is 4.13. The summed E-state index contributed by atoms with van der Waals surface area (Å²) in [6.45, 7) is 6.44. The third kappa shape index (κ3) is 3.02. The van der Waals surface area contributed by atoms with Crippen molar-refractivity contribution in [1.29, 1.82) is 0 Å². The lowest BCUT2D eigenvalue weighted by molar-refractivity contribution is -0.131. The lowest BCUT2D eigenvalue weighted by Crippen LogP contribution is -2.38. The van der Waals surface area contributed by atoms with Gasteiger partial charge in [0.15, 0.2) is 11.5 Å². The molecule has 2 unspecified atom stereocenters. The second kappa shape index (κ2) is 6.78. The number of H-pyrrole nitrogens is 1. The van der Waals surface area contributed by atoms with E-state index in [1.54, 1.807) is 25.7 Å². The number of Topliss-reactive ketones (excluding diaryl/α,β-unsaturated/α-hetero) is 1. The molecule has 0 saturated carbocycles. The number of benzene rings is 1. The van der Waals surface area contributed by atoms with Gasteiger partial charge < -0.3 is 19.7 Å². The third-order valence-electron chi connectivity index (χ3n) is 5.57. The van der Waals surface area contributed by atoms with Crippen LogP contribution in [-0.2, 0) is 14.3 Å². The lowest BCUT2D eigenvalue weighted by atomic mass is 9.82. The highest BCUT2D eigenvalue weighted by Gasteiger charge is 2.47. The van der Waals surface area contributed by atoms with Crippen molar-refractivity contribution in [3.63, 3.8) is 0 Å². The maximum Gasteiger partial charge on any atom is 0.290 e. The highest BCUT2D eigenvalue weighted by Crippen LogP contribution is 2.43. The lowest BCUT2D eigenvalue weighted by Gasteiger charge is -2.30. The highest BCUT2D eigenvalue weighted by molar-refractivity contribution is 6.11. The molecule has 148 valence electrons. The molecule has 1 aromatic carbocycles. The van der Waals surface area contributed by atoms with Crippen molar-refractivity contribution >= 4 is 22.6 Å². The summed E-state index contributed by atoms with van der Waals surface area (Å²) in [7, 11) is 0. The summed E-state index contributed by atoms with van der Waals surface area (Å²) in [5.74, 6) is -1.16. The maximum atomic E-state index is 13.2. The van der Waals surface area contributed by atoms with Gasteiger partial charge in [-0.25, -0.2) is 0 Å². The number of aromatic amines is 1. The van der Waals surface area contributed by atoms with Crippen molar-refractivity contribution < 1.29 is 19.4 Å². The molecule has 28 heavy (non-hydrogen) atoms. The Morgan fingerprint density at radius 3 is 2.75 bits per heavy atom. The molecule has 6 nitrogen and oxygen atoms in total.